The fourth-order valence-electron chi connectivity index (χ4n) is 5.17. The first kappa shape index (κ1) is 23.0. The predicted molar refractivity (Wildman–Crippen MR) is 118 cm³/mol. The van der Waals surface area contributed by atoms with Crippen molar-refractivity contribution < 1.29 is 27.6 Å². The van der Waals surface area contributed by atoms with Gasteiger partial charge in [0, 0.05) is 37.0 Å². The topological polar surface area (TPSA) is 70.6 Å². The summed E-state index contributed by atoms with van der Waals surface area (Å²) >= 11 is 1.45. The second kappa shape index (κ2) is 8.48. The fourth-order valence-corrected chi connectivity index (χ4v) is 5.95. The number of halogens is 3. The zero-order chi connectivity index (χ0) is 24.1. The summed E-state index contributed by atoms with van der Waals surface area (Å²) in [7, 11) is 0. The molecule has 1 aromatic heterocycles. The van der Waals surface area contributed by atoms with Crippen molar-refractivity contribution in [2.45, 2.75) is 68.6 Å². The minimum Gasteiger partial charge on any atom is -0.333 e. The van der Waals surface area contributed by atoms with E-state index in [1.54, 1.807) is 11.1 Å². The van der Waals surface area contributed by atoms with E-state index in [0.29, 0.717) is 19.4 Å². The van der Waals surface area contributed by atoms with Gasteiger partial charge in [0.05, 0.1) is 17.0 Å². The zero-order valence-electron chi connectivity index (χ0n) is 18.4. The molecular formula is C24H24F3N3O3S. The third-order valence-corrected chi connectivity index (χ3v) is 7.89. The Hall–Kier alpha value is -2.75. The zero-order valence-corrected chi connectivity index (χ0v) is 19.2. The highest BCUT2D eigenvalue weighted by Gasteiger charge is 2.57. The third kappa shape index (κ3) is 4.01. The molecule has 2 unspecified atom stereocenters. The maximum atomic E-state index is 13.7. The van der Waals surface area contributed by atoms with Gasteiger partial charge in [0.15, 0.2) is 0 Å². The molecule has 0 radical (unpaired) electrons. The van der Waals surface area contributed by atoms with Gasteiger partial charge in [0.25, 0.3) is 0 Å². The lowest BCUT2D eigenvalue weighted by Gasteiger charge is -2.37. The molecule has 2 saturated heterocycles. The number of thiazole rings is 1. The van der Waals surface area contributed by atoms with Gasteiger partial charge in [0.1, 0.15) is 5.01 Å². The smallest absolute Gasteiger partial charge is 0.333 e. The van der Waals surface area contributed by atoms with Crippen LogP contribution >= 0.6 is 11.3 Å². The number of nitrogens with zero attached hydrogens (tertiary/aromatic N) is 3. The Balaban J connectivity index is 1.53. The summed E-state index contributed by atoms with van der Waals surface area (Å²) in [6, 6.07) is 4.07. The molecule has 3 fully saturated rings. The number of aromatic nitrogens is 1. The van der Waals surface area contributed by atoms with Crippen LogP contribution < -0.4 is 0 Å². The first-order chi connectivity index (χ1) is 16.2. The molecule has 10 heteroatoms. The number of hydrogen-bond donors (Lipinski definition) is 0. The van der Waals surface area contributed by atoms with E-state index < -0.39 is 29.0 Å². The van der Waals surface area contributed by atoms with E-state index in [2.05, 4.69) is 4.98 Å². The molecule has 2 aromatic rings. The van der Waals surface area contributed by atoms with Gasteiger partial charge in [-0.1, -0.05) is 18.2 Å². The standard InChI is InChI=1S/C24H24F3N3O3S/c25-24(26,27)16-5-3-4-15(12-16)23(14-20(32)30(22(23)33)17-7-8-17)13-19(31)29-10-2-1-6-18(29)21-28-9-11-34-21/h3-5,9,11-12,17-18H,1-2,6-8,10,13-14H2. The summed E-state index contributed by atoms with van der Waals surface area (Å²) in [4.78, 5) is 47.4. The van der Waals surface area contributed by atoms with Gasteiger partial charge in [-0.05, 0) is 43.7 Å². The number of hydrogen-bond acceptors (Lipinski definition) is 5. The Morgan fingerprint density at radius 2 is 1.97 bits per heavy atom. The van der Waals surface area contributed by atoms with E-state index in [1.807, 2.05) is 5.38 Å². The van der Waals surface area contributed by atoms with Crippen LogP contribution in [-0.2, 0) is 26.0 Å². The van der Waals surface area contributed by atoms with Crippen molar-refractivity contribution in [1.82, 2.24) is 14.8 Å². The van der Waals surface area contributed by atoms with Crippen molar-refractivity contribution >= 4 is 29.1 Å². The molecule has 0 bridgehead atoms. The highest BCUT2D eigenvalue weighted by Crippen LogP contribution is 2.46. The van der Waals surface area contributed by atoms with Gasteiger partial charge in [-0.2, -0.15) is 13.2 Å². The Kier molecular flexibility index (Phi) is 5.74. The highest BCUT2D eigenvalue weighted by molar-refractivity contribution is 7.09. The van der Waals surface area contributed by atoms with E-state index in [9.17, 15) is 27.6 Å². The molecule has 1 aromatic carbocycles. The molecule has 34 heavy (non-hydrogen) atoms. The average Bonchev–Trinajstić information content (AvgIpc) is 3.41. The van der Waals surface area contributed by atoms with Crippen LogP contribution in [0.3, 0.4) is 0 Å². The lowest BCUT2D eigenvalue weighted by molar-refractivity contribution is -0.144. The van der Waals surface area contributed by atoms with Crippen molar-refractivity contribution in [2.75, 3.05) is 6.54 Å². The Labute approximate surface area is 198 Å². The SMILES string of the molecule is O=C(CC1(c2cccc(C(F)(F)F)c2)CC(=O)N(C2CC2)C1=O)N1CCCCC1c1nccs1. The molecule has 0 spiro atoms. The van der Waals surface area contributed by atoms with Crippen LogP contribution in [0.5, 0.6) is 0 Å². The number of benzene rings is 1. The first-order valence-electron chi connectivity index (χ1n) is 11.4. The molecule has 5 rings (SSSR count). The lowest BCUT2D eigenvalue weighted by atomic mass is 9.75. The molecule has 3 amide bonds. The van der Waals surface area contributed by atoms with Crippen LogP contribution in [0.2, 0.25) is 0 Å². The van der Waals surface area contributed by atoms with Gasteiger partial charge in [0.2, 0.25) is 17.7 Å². The van der Waals surface area contributed by atoms with Crippen LogP contribution in [0.4, 0.5) is 13.2 Å². The lowest BCUT2D eigenvalue weighted by Crippen LogP contribution is -2.46. The van der Waals surface area contributed by atoms with Gasteiger partial charge in [-0.25, -0.2) is 4.98 Å². The molecule has 6 nitrogen and oxygen atoms in total. The number of piperidine rings is 1. The van der Waals surface area contributed by atoms with Crippen molar-refractivity contribution in [1.29, 1.82) is 0 Å². The maximum Gasteiger partial charge on any atom is 0.416 e. The predicted octanol–water partition coefficient (Wildman–Crippen LogP) is 4.46. The quantitative estimate of drug-likeness (QED) is 0.579. The first-order valence-corrected chi connectivity index (χ1v) is 12.3. The summed E-state index contributed by atoms with van der Waals surface area (Å²) in [6.07, 6.45) is 0.252. The van der Waals surface area contributed by atoms with Gasteiger partial charge in [-0.3, -0.25) is 19.3 Å². The van der Waals surface area contributed by atoms with Crippen molar-refractivity contribution in [3.63, 3.8) is 0 Å². The summed E-state index contributed by atoms with van der Waals surface area (Å²) in [6.45, 7) is 0.482. The van der Waals surface area contributed by atoms with E-state index in [1.165, 1.54) is 28.4 Å². The number of amides is 3. The van der Waals surface area contributed by atoms with Crippen LogP contribution in [0.15, 0.2) is 35.8 Å². The van der Waals surface area contributed by atoms with Crippen LogP contribution in [0, 0.1) is 0 Å². The molecule has 0 N–H and O–H groups in total. The molecule has 1 saturated carbocycles. The van der Waals surface area contributed by atoms with Gasteiger partial charge in [-0.15, -0.1) is 11.3 Å². The third-order valence-electron chi connectivity index (χ3n) is 7.02. The second-order valence-electron chi connectivity index (χ2n) is 9.28. The number of carbonyl (C=O) groups excluding carboxylic acids is 3. The van der Waals surface area contributed by atoms with Crippen LogP contribution in [0.25, 0.3) is 0 Å². The molecule has 2 atom stereocenters. The average molecular weight is 492 g/mol. The number of carbonyl (C=O) groups is 3. The Bertz CT molecular complexity index is 1120. The fraction of sp³-hybridized carbons (Fsp3) is 0.500. The second-order valence-corrected chi connectivity index (χ2v) is 10.2. The van der Waals surface area contributed by atoms with E-state index in [4.69, 9.17) is 0 Å². The summed E-state index contributed by atoms with van der Waals surface area (Å²) in [5.74, 6) is -1.32. The van der Waals surface area contributed by atoms with E-state index in [0.717, 1.165) is 36.4 Å². The molecule has 2 aliphatic heterocycles. The molecule has 180 valence electrons. The normalized spacial score (nSPS) is 25.8. The highest BCUT2D eigenvalue weighted by atomic mass is 32.1. The maximum absolute atomic E-state index is 13.7. The van der Waals surface area contributed by atoms with E-state index in [-0.39, 0.29) is 36.4 Å². The summed E-state index contributed by atoms with van der Waals surface area (Å²) in [5.41, 5.74) is -2.47. The number of rotatable bonds is 5. The van der Waals surface area contributed by atoms with Crippen molar-refractivity contribution in [3.8, 4) is 0 Å². The van der Waals surface area contributed by atoms with Crippen LogP contribution in [0.1, 0.15) is 67.1 Å². The minimum absolute atomic E-state index is 0.0694. The molecule has 3 heterocycles. The van der Waals surface area contributed by atoms with Gasteiger partial charge < -0.3 is 4.90 Å². The van der Waals surface area contributed by atoms with Gasteiger partial charge >= 0.3 is 6.18 Å². The van der Waals surface area contributed by atoms with E-state index >= 15 is 0 Å². The summed E-state index contributed by atoms with van der Waals surface area (Å²) in [5, 5.41) is 2.64. The Morgan fingerprint density at radius 3 is 2.65 bits per heavy atom. The van der Waals surface area contributed by atoms with Crippen LogP contribution in [-0.4, -0.2) is 45.1 Å². The number of imide groups is 1. The molecular weight excluding hydrogens is 467 g/mol. The number of alkyl halides is 3. The monoisotopic (exact) mass is 491 g/mol. The molecule has 3 aliphatic rings. The van der Waals surface area contributed by atoms with Crippen molar-refractivity contribution in [3.05, 3.63) is 52.0 Å². The molecule has 1 aliphatic carbocycles. The van der Waals surface area contributed by atoms with Crippen molar-refractivity contribution in [2.24, 2.45) is 0 Å². The summed E-state index contributed by atoms with van der Waals surface area (Å²) < 4.78 is 40.5. The number of likely N-dealkylation sites (tertiary alicyclic amines) is 2. The Morgan fingerprint density at radius 1 is 1.18 bits per heavy atom. The minimum atomic E-state index is -4.61. The largest absolute Gasteiger partial charge is 0.416 e.